The van der Waals surface area contributed by atoms with Crippen molar-refractivity contribution >= 4 is 10.8 Å². The predicted octanol–water partition coefficient (Wildman–Crippen LogP) is 4.46. The van der Waals surface area contributed by atoms with Gasteiger partial charge < -0.3 is 9.84 Å². The predicted molar refractivity (Wildman–Crippen MR) is 91.5 cm³/mol. The first kappa shape index (κ1) is 14.1. The normalized spacial score (nSPS) is 15.9. The molecular formula is C20H19NO2. The van der Waals surface area contributed by atoms with Crippen LogP contribution in [0.5, 0.6) is 11.5 Å². The topological polar surface area (TPSA) is 32.7 Å². The third-order valence-electron chi connectivity index (χ3n) is 4.65. The minimum absolute atomic E-state index is 0.275. The Kier molecular flexibility index (Phi) is 3.43. The van der Waals surface area contributed by atoms with Crippen LogP contribution in [0.25, 0.3) is 10.8 Å². The van der Waals surface area contributed by atoms with Crippen LogP contribution in [0.2, 0.25) is 0 Å². The van der Waals surface area contributed by atoms with Crippen molar-refractivity contribution in [3.8, 4) is 11.5 Å². The lowest BCUT2D eigenvalue weighted by Crippen LogP contribution is -2.34. The number of hydrogen-bond donors (Lipinski definition) is 1. The van der Waals surface area contributed by atoms with Crippen molar-refractivity contribution in [3.63, 3.8) is 0 Å². The average Bonchev–Trinajstić information content (AvgIpc) is 2.61. The molecule has 3 heteroatoms. The maximum atomic E-state index is 9.83. The maximum absolute atomic E-state index is 9.83. The second-order valence-electron chi connectivity index (χ2n) is 6.05. The lowest BCUT2D eigenvalue weighted by atomic mass is 10.00. The number of nitrogens with zero attached hydrogens (tertiary/aromatic N) is 1. The van der Waals surface area contributed by atoms with E-state index in [9.17, 15) is 5.11 Å². The van der Waals surface area contributed by atoms with Crippen LogP contribution in [0, 0.1) is 0 Å². The number of phenolic OH excluding ortho intramolecular Hbond substituents is 1. The van der Waals surface area contributed by atoms with Gasteiger partial charge in [-0.25, -0.2) is 0 Å². The van der Waals surface area contributed by atoms with Crippen LogP contribution in [0.4, 0.5) is 0 Å². The van der Waals surface area contributed by atoms with Gasteiger partial charge in [0.05, 0.1) is 0 Å². The van der Waals surface area contributed by atoms with E-state index in [1.54, 1.807) is 6.07 Å². The van der Waals surface area contributed by atoms with Crippen molar-refractivity contribution < 1.29 is 9.84 Å². The summed E-state index contributed by atoms with van der Waals surface area (Å²) in [4.78, 5) is 2.31. The monoisotopic (exact) mass is 305 g/mol. The van der Waals surface area contributed by atoms with Crippen LogP contribution in [0.15, 0.2) is 60.7 Å². The van der Waals surface area contributed by atoms with E-state index in [2.05, 4.69) is 36.1 Å². The van der Waals surface area contributed by atoms with Crippen LogP contribution < -0.4 is 4.74 Å². The van der Waals surface area contributed by atoms with E-state index in [0.29, 0.717) is 12.5 Å². The van der Waals surface area contributed by atoms with Crippen LogP contribution >= 0.6 is 0 Å². The Morgan fingerprint density at radius 2 is 1.83 bits per heavy atom. The molecule has 0 saturated carbocycles. The molecule has 3 nitrogen and oxygen atoms in total. The van der Waals surface area contributed by atoms with Crippen LogP contribution in [0.3, 0.4) is 0 Å². The molecule has 116 valence electrons. The molecule has 0 aliphatic carbocycles. The quantitative estimate of drug-likeness (QED) is 0.759. The first-order valence-corrected chi connectivity index (χ1v) is 7.89. The summed E-state index contributed by atoms with van der Waals surface area (Å²) < 4.78 is 5.97. The van der Waals surface area contributed by atoms with Gasteiger partial charge in [-0.15, -0.1) is 0 Å². The lowest BCUT2D eigenvalue weighted by molar-refractivity contribution is 0.0626. The fourth-order valence-corrected chi connectivity index (χ4v) is 3.24. The van der Waals surface area contributed by atoms with Gasteiger partial charge >= 0.3 is 0 Å². The van der Waals surface area contributed by atoms with Crippen LogP contribution in [-0.2, 0) is 6.54 Å². The summed E-state index contributed by atoms with van der Waals surface area (Å²) in [7, 11) is 0. The number of phenols is 1. The summed E-state index contributed by atoms with van der Waals surface area (Å²) in [5, 5.41) is 12.0. The molecule has 4 rings (SSSR count). The third kappa shape index (κ3) is 2.53. The number of fused-ring (bicyclic) bond motifs is 3. The second-order valence-corrected chi connectivity index (χ2v) is 6.05. The van der Waals surface area contributed by atoms with Crippen molar-refractivity contribution in [3.05, 3.63) is 71.8 Å². The number of benzene rings is 3. The van der Waals surface area contributed by atoms with Crippen molar-refractivity contribution in [2.24, 2.45) is 0 Å². The molecule has 0 aromatic heterocycles. The molecule has 0 amide bonds. The van der Waals surface area contributed by atoms with Gasteiger partial charge in [0.2, 0.25) is 0 Å². The highest BCUT2D eigenvalue weighted by Gasteiger charge is 2.24. The Morgan fingerprint density at radius 3 is 2.65 bits per heavy atom. The van der Waals surface area contributed by atoms with E-state index in [1.807, 2.05) is 30.3 Å². The molecule has 1 atom stereocenters. The van der Waals surface area contributed by atoms with Crippen LogP contribution in [-0.4, -0.2) is 16.7 Å². The number of hydrogen-bond acceptors (Lipinski definition) is 3. The minimum atomic E-state index is 0.275. The number of ether oxygens (including phenoxy) is 1. The molecule has 0 saturated heterocycles. The Labute approximate surface area is 135 Å². The number of rotatable bonds is 2. The second kappa shape index (κ2) is 5.60. The molecule has 23 heavy (non-hydrogen) atoms. The van der Waals surface area contributed by atoms with Crippen molar-refractivity contribution in [2.75, 3.05) is 6.73 Å². The zero-order chi connectivity index (χ0) is 15.8. The van der Waals surface area contributed by atoms with E-state index in [4.69, 9.17) is 4.74 Å². The molecule has 0 radical (unpaired) electrons. The highest BCUT2D eigenvalue weighted by atomic mass is 16.5. The fraction of sp³-hybridized carbons (Fsp3) is 0.200. The maximum Gasteiger partial charge on any atom is 0.142 e. The summed E-state index contributed by atoms with van der Waals surface area (Å²) in [5.74, 6) is 1.21. The van der Waals surface area contributed by atoms with Gasteiger partial charge in [-0.2, -0.15) is 0 Å². The highest BCUT2D eigenvalue weighted by molar-refractivity contribution is 5.89. The minimum Gasteiger partial charge on any atom is -0.508 e. The molecular weight excluding hydrogens is 286 g/mol. The molecule has 3 aromatic carbocycles. The first-order valence-electron chi connectivity index (χ1n) is 7.89. The van der Waals surface area contributed by atoms with Gasteiger partial charge in [0.1, 0.15) is 18.2 Å². The SMILES string of the molecule is C[C@H](c1ccccc1)N1COc2ccc3ccc(O)cc3c2C1. The Balaban J connectivity index is 1.72. The van der Waals surface area contributed by atoms with Crippen LogP contribution in [0.1, 0.15) is 24.1 Å². The molecule has 1 aliphatic rings. The van der Waals surface area contributed by atoms with Crippen molar-refractivity contribution in [1.82, 2.24) is 4.90 Å². The molecule has 1 aliphatic heterocycles. The zero-order valence-electron chi connectivity index (χ0n) is 13.1. The van der Waals surface area contributed by atoms with Gasteiger partial charge in [0.25, 0.3) is 0 Å². The van der Waals surface area contributed by atoms with E-state index in [-0.39, 0.29) is 6.04 Å². The molecule has 0 spiro atoms. The Hall–Kier alpha value is -2.52. The Morgan fingerprint density at radius 1 is 1.04 bits per heavy atom. The van der Waals surface area contributed by atoms with E-state index < -0.39 is 0 Å². The molecule has 1 N–H and O–H groups in total. The summed E-state index contributed by atoms with van der Waals surface area (Å²) in [6.07, 6.45) is 0. The lowest BCUT2D eigenvalue weighted by Gasteiger charge is -2.34. The average molecular weight is 305 g/mol. The molecule has 0 unspecified atom stereocenters. The third-order valence-corrected chi connectivity index (χ3v) is 4.65. The molecule has 0 fully saturated rings. The van der Waals surface area contributed by atoms with E-state index in [0.717, 1.165) is 28.6 Å². The molecule has 3 aromatic rings. The van der Waals surface area contributed by atoms with Crippen molar-refractivity contribution in [2.45, 2.75) is 19.5 Å². The largest absolute Gasteiger partial charge is 0.508 e. The summed E-state index contributed by atoms with van der Waals surface area (Å²) >= 11 is 0. The van der Waals surface area contributed by atoms with Crippen molar-refractivity contribution in [1.29, 1.82) is 0 Å². The number of aromatic hydroxyl groups is 1. The fourth-order valence-electron chi connectivity index (χ4n) is 3.24. The summed E-state index contributed by atoms with van der Waals surface area (Å²) in [5.41, 5.74) is 2.43. The summed E-state index contributed by atoms with van der Waals surface area (Å²) in [6.45, 7) is 3.59. The standard InChI is InChI=1S/C20H19NO2/c1-14(15-5-3-2-4-6-15)21-12-19-18-11-17(22)9-7-16(18)8-10-20(19)23-13-21/h2-11,14,22H,12-13H2,1H3/t14-/m1/s1. The Bertz CT molecular complexity index is 845. The van der Waals surface area contributed by atoms with Gasteiger partial charge in [-0.3, -0.25) is 4.90 Å². The van der Waals surface area contributed by atoms with E-state index >= 15 is 0 Å². The highest BCUT2D eigenvalue weighted by Crippen LogP contribution is 2.36. The molecule has 1 heterocycles. The van der Waals surface area contributed by atoms with Gasteiger partial charge in [-0.1, -0.05) is 42.5 Å². The molecule has 0 bridgehead atoms. The van der Waals surface area contributed by atoms with E-state index in [1.165, 1.54) is 5.56 Å². The summed E-state index contributed by atoms with van der Waals surface area (Å²) in [6, 6.07) is 20.3. The zero-order valence-corrected chi connectivity index (χ0v) is 13.1. The van der Waals surface area contributed by atoms with Gasteiger partial charge in [-0.05, 0) is 41.5 Å². The van der Waals surface area contributed by atoms with Gasteiger partial charge in [0, 0.05) is 18.2 Å². The smallest absolute Gasteiger partial charge is 0.142 e. The first-order chi connectivity index (χ1) is 11.2. The van der Waals surface area contributed by atoms with Gasteiger partial charge in [0.15, 0.2) is 0 Å².